The van der Waals surface area contributed by atoms with Crippen LogP contribution in [0.4, 0.5) is 16.2 Å². The third-order valence-electron chi connectivity index (χ3n) is 4.82. The van der Waals surface area contributed by atoms with E-state index in [4.69, 9.17) is 10.8 Å². The molecule has 4 N–H and O–H groups in total. The van der Waals surface area contributed by atoms with Gasteiger partial charge in [0.15, 0.2) is 0 Å². The maximum Gasteiger partial charge on any atom is 0.407 e. The topological polar surface area (TPSA) is 98.9 Å². The van der Waals surface area contributed by atoms with Gasteiger partial charge in [0.25, 0.3) is 5.91 Å². The average molecular weight is 348 g/mol. The molecule has 1 aromatic rings. The lowest BCUT2D eigenvalue weighted by atomic mass is 9.97. The summed E-state index contributed by atoms with van der Waals surface area (Å²) in [4.78, 5) is 26.5. The van der Waals surface area contributed by atoms with Crippen molar-refractivity contribution in [3.05, 3.63) is 23.8 Å². The van der Waals surface area contributed by atoms with E-state index in [1.165, 1.54) is 4.90 Å². The molecule has 0 aromatic heterocycles. The van der Waals surface area contributed by atoms with Gasteiger partial charge in [0.1, 0.15) is 0 Å². The first kappa shape index (κ1) is 18.9. The second kappa shape index (κ2) is 8.60. The van der Waals surface area contributed by atoms with Crippen molar-refractivity contribution in [1.82, 2.24) is 9.80 Å². The van der Waals surface area contributed by atoms with Crippen LogP contribution in [-0.4, -0.2) is 59.6 Å². The number of rotatable bonds is 6. The minimum Gasteiger partial charge on any atom is -0.465 e. The fraction of sp³-hybridized carbons (Fsp3) is 0.556. The Hall–Kier alpha value is -2.44. The van der Waals surface area contributed by atoms with Crippen molar-refractivity contribution < 1.29 is 14.7 Å². The molecule has 1 aliphatic heterocycles. The lowest BCUT2D eigenvalue weighted by Crippen LogP contribution is -2.39. The zero-order valence-corrected chi connectivity index (χ0v) is 15.0. The van der Waals surface area contributed by atoms with E-state index < -0.39 is 6.09 Å². The Labute approximate surface area is 148 Å². The van der Waals surface area contributed by atoms with Crippen LogP contribution >= 0.6 is 0 Å². The number of benzene rings is 1. The van der Waals surface area contributed by atoms with E-state index in [0.717, 1.165) is 25.1 Å². The van der Waals surface area contributed by atoms with Crippen molar-refractivity contribution >= 4 is 23.4 Å². The number of carbonyl (C=O) groups excluding carboxylic acids is 1. The van der Waals surface area contributed by atoms with Gasteiger partial charge in [-0.3, -0.25) is 4.79 Å². The van der Waals surface area contributed by atoms with Crippen molar-refractivity contribution in [2.75, 3.05) is 43.8 Å². The van der Waals surface area contributed by atoms with Crippen molar-refractivity contribution in [3.63, 3.8) is 0 Å². The molecule has 138 valence electrons. The lowest BCUT2D eigenvalue weighted by Gasteiger charge is -2.30. The number of hydrogen-bond acceptors (Lipinski definition) is 4. The molecule has 1 aliphatic rings. The highest BCUT2D eigenvalue weighted by molar-refractivity contribution is 5.96. The van der Waals surface area contributed by atoms with Crippen LogP contribution in [0.25, 0.3) is 0 Å². The first-order valence-electron chi connectivity index (χ1n) is 8.86. The summed E-state index contributed by atoms with van der Waals surface area (Å²) in [6.45, 7) is 7.16. The van der Waals surface area contributed by atoms with Gasteiger partial charge in [-0.2, -0.15) is 0 Å². The summed E-state index contributed by atoms with van der Waals surface area (Å²) < 4.78 is 0. The number of nitrogens with two attached hydrogens (primary N) is 1. The molecule has 1 fully saturated rings. The molecule has 1 heterocycles. The van der Waals surface area contributed by atoms with E-state index in [1.807, 2.05) is 19.9 Å². The summed E-state index contributed by atoms with van der Waals surface area (Å²) in [5, 5.41) is 12.3. The third-order valence-corrected chi connectivity index (χ3v) is 4.82. The number of anilines is 2. The van der Waals surface area contributed by atoms with Crippen LogP contribution in [0, 0.1) is 5.92 Å². The zero-order valence-electron chi connectivity index (χ0n) is 15.0. The van der Waals surface area contributed by atoms with Gasteiger partial charge in [0.2, 0.25) is 0 Å². The Morgan fingerprint density at radius 1 is 1.28 bits per heavy atom. The minimum atomic E-state index is -0.843. The number of nitrogens with zero attached hydrogens (tertiary/aromatic N) is 2. The van der Waals surface area contributed by atoms with Crippen LogP contribution in [0.1, 0.15) is 37.0 Å². The largest absolute Gasteiger partial charge is 0.465 e. The van der Waals surface area contributed by atoms with Gasteiger partial charge in [-0.15, -0.1) is 0 Å². The molecule has 0 bridgehead atoms. The quantitative estimate of drug-likeness (QED) is 0.686. The molecule has 7 nitrogen and oxygen atoms in total. The van der Waals surface area contributed by atoms with Crippen LogP contribution in [0.5, 0.6) is 0 Å². The molecule has 7 heteroatoms. The van der Waals surface area contributed by atoms with E-state index >= 15 is 0 Å². The number of nitrogens with one attached hydrogen (secondary N) is 1. The Morgan fingerprint density at radius 3 is 2.44 bits per heavy atom. The first-order valence-corrected chi connectivity index (χ1v) is 8.86. The zero-order chi connectivity index (χ0) is 18.4. The number of nitrogen functional groups attached to an aromatic ring is 1. The minimum absolute atomic E-state index is 0.00991. The van der Waals surface area contributed by atoms with Crippen molar-refractivity contribution in [2.24, 2.45) is 5.92 Å². The molecule has 0 unspecified atom stereocenters. The molecule has 0 spiro atoms. The summed E-state index contributed by atoms with van der Waals surface area (Å²) in [5.41, 5.74) is 8.07. The number of hydrogen-bond donors (Lipinski definition) is 3. The van der Waals surface area contributed by atoms with Crippen molar-refractivity contribution in [2.45, 2.75) is 26.7 Å². The highest BCUT2D eigenvalue weighted by atomic mass is 16.4. The van der Waals surface area contributed by atoms with Gasteiger partial charge >= 0.3 is 6.09 Å². The van der Waals surface area contributed by atoms with Gasteiger partial charge in [0.05, 0.1) is 11.4 Å². The highest BCUT2D eigenvalue weighted by Gasteiger charge is 2.22. The van der Waals surface area contributed by atoms with Crippen LogP contribution in [-0.2, 0) is 0 Å². The summed E-state index contributed by atoms with van der Waals surface area (Å²) in [6.07, 6.45) is 0.847. The molecule has 2 rings (SSSR count). The summed E-state index contributed by atoms with van der Waals surface area (Å²) >= 11 is 0. The van der Waals surface area contributed by atoms with Gasteiger partial charge in [-0.05, 0) is 50.8 Å². The SMILES string of the molecule is CCN(CC)C(=O)c1ccc(NCC2CCN(C(=O)O)CC2)c(N)c1. The molecular formula is C18H28N4O3. The molecule has 0 radical (unpaired) electrons. The predicted molar refractivity (Wildman–Crippen MR) is 98.9 cm³/mol. The van der Waals surface area contributed by atoms with Crippen LogP contribution in [0.2, 0.25) is 0 Å². The fourth-order valence-electron chi connectivity index (χ4n) is 3.13. The molecule has 0 atom stereocenters. The second-order valence-corrected chi connectivity index (χ2v) is 6.37. The van der Waals surface area contributed by atoms with Crippen molar-refractivity contribution in [3.8, 4) is 0 Å². The molecule has 1 aromatic carbocycles. The fourth-order valence-corrected chi connectivity index (χ4v) is 3.13. The Kier molecular flexibility index (Phi) is 6.50. The Morgan fingerprint density at radius 2 is 1.92 bits per heavy atom. The smallest absolute Gasteiger partial charge is 0.407 e. The summed E-state index contributed by atoms with van der Waals surface area (Å²) in [6, 6.07) is 5.36. The van der Waals surface area contributed by atoms with Gasteiger partial charge in [0, 0.05) is 38.3 Å². The van der Waals surface area contributed by atoms with Crippen LogP contribution < -0.4 is 11.1 Å². The standard InChI is InChI=1S/C18H28N4O3/c1-3-21(4-2)17(23)14-5-6-16(15(19)11-14)20-12-13-7-9-22(10-8-13)18(24)25/h5-6,11,13,20H,3-4,7-10,12,19H2,1-2H3,(H,24,25). The molecule has 2 amide bonds. The van der Waals surface area contributed by atoms with Crippen molar-refractivity contribution in [1.29, 1.82) is 0 Å². The monoisotopic (exact) mass is 348 g/mol. The predicted octanol–water partition coefficient (Wildman–Crippen LogP) is 2.55. The maximum absolute atomic E-state index is 12.4. The molecule has 25 heavy (non-hydrogen) atoms. The number of likely N-dealkylation sites (tertiary alicyclic amines) is 1. The Balaban J connectivity index is 1.91. The molecular weight excluding hydrogens is 320 g/mol. The molecule has 0 saturated carbocycles. The van der Waals surface area contributed by atoms with Gasteiger partial charge in [-0.25, -0.2) is 4.79 Å². The summed E-state index contributed by atoms with van der Waals surface area (Å²) in [7, 11) is 0. The van der Waals surface area contributed by atoms with Gasteiger partial charge in [-0.1, -0.05) is 0 Å². The number of piperidine rings is 1. The van der Waals surface area contributed by atoms with E-state index in [-0.39, 0.29) is 5.91 Å². The third kappa shape index (κ3) is 4.78. The van der Waals surface area contributed by atoms with E-state index in [2.05, 4.69) is 5.32 Å². The van der Waals surface area contributed by atoms with E-state index in [0.29, 0.717) is 43.3 Å². The molecule has 0 aliphatic carbocycles. The first-order chi connectivity index (χ1) is 12.0. The van der Waals surface area contributed by atoms with Crippen LogP contribution in [0.3, 0.4) is 0 Å². The second-order valence-electron chi connectivity index (χ2n) is 6.37. The van der Waals surface area contributed by atoms with Crippen LogP contribution in [0.15, 0.2) is 18.2 Å². The number of carboxylic acid groups (broad SMARTS) is 1. The Bertz CT molecular complexity index is 608. The molecule has 1 saturated heterocycles. The highest BCUT2D eigenvalue weighted by Crippen LogP contribution is 2.23. The maximum atomic E-state index is 12.4. The van der Waals surface area contributed by atoms with E-state index in [1.54, 1.807) is 17.0 Å². The number of amides is 2. The summed E-state index contributed by atoms with van der Waals surface area (Å²) in [5.74, 6) is 0.413. The van der Waals surface area contributed by atoms with Gasteiger partial charge < -0.3 is 26.0 Å². The lowest BCUT2D eigenvalue weighted by molar-refractivity contribution is 0.0773. The average Bonchev–Trinajstić information content (AvgIpc) is 2.62. The normalized spacial score (nSPS) is 15.0. The number of carbonyl (C=O) groups is 2. The van der Waals surface area contributed by atoms with E-state index in [9.17, 15) is 9.59 Å².